The SMILES string of the molecule is O=C(c1cc2ccccc2[nH]1)N1CCc2nn3c(c2C1)C(=O)N(CCN1CCOCC1)C1(CC3)CC1. The van der Waals surface area contributed by atoms with Crippen LogP contribution >= 0.6 is 0 Å². The summed E-state index contributed by atoms with van der Waals surface area (Å²) >= 11 is 0. The van der Waals surface area contributed by atoms with Crippen LogP contribution in [0.25, 0.3) is 10.9 Å². The van der Waals surface area contributed by atoms with Crippen LogP contribution in [0.1, 0.15) is 51.5 Å². The van der Waals surface area contributed by atoms with Gasteiger partial charge in [0.1, 0.15) is 11.4 Å². The lowest BCUT2D eigenvalue weighted by Crippen LogP contribution is -2.48. The van der Waals surface area contributed by atoms with Gasteiger partial charge in [-0.15, -0.1) is 0 Å². The molecule has 1 saturated heterocycles. The first-order valence-corrected chi connectivity index (χ1v) is 13.2. The first kappa shape index (κ1) is 22.1. The number of benzene rings is 1. The first-order chi connectivity index (χ1) is 17.6. The van der Waals surface area contributed by atoms with E-state index in [-0.39, 0.29) is 17.4 Å². The number of aromatic amines is 1. The smallest absolute Gasteiger partial charge is 0.273 e. The lowest BCUT2D eigenvalue weighted by molar-refractivity contribution is 0.0282. The van der Waals surface area contributed by atoms with Gasteiger partial charge in [-0.05, 0) is 31.4 Å². The highest BCUT2D eigenvalue weighted by atomic mass is 16.5. The molecule has 3 aliphatic heterocycles. The Morgan fingerprint density at radius 3 is 2.69 bits per heavy atom. The van der Waals surface area contributed by atoms with Crippen molar-refractivity contribution in [1.82, 2.24) is 29.5 Å². The zero-order chi connectivity index (χ0) is 24.3. The second kappa shape index (κ2) is 8.45. The molecule has 0 bridgehead atoms. The Morgan fingerprint density at radius 2 is 1.89 bits per heavy atom. The molecule has 2 amide bonds. The predicted molar refractivity (Wildman–Crippen MR) is 134 cm³/mol. The molecule has 2 aromatic heterocycles. The molecule has 4 aliphatic rings. The van der Waals surface area contributed by atoms with E-state index in [0.29, 0.717) is 30.9 Å². The average molecular weight is 489 g/mol. The van der Waals surface area contributed by atoms with Crippen LogP contribution in [0.5, 0.6) is 0 Å². The zero-order valence-corrected chi connectivity index (χ0v) is 20.5. The van der Waals surface area contributed by atoms with Gasteiger partial charge in [0.15, 0.2) is 0 Å². The van der Waals surface area contributed by atoms with E-state index in [4.69, 9.17) is 9.84 Å². The largest absolute Gasteiger partial charge is 0.379 e. The number of ether oxygens (including phenoxy) is 1. The van der Waals surface area contributed by atoms with E-state index >= 15 is 0 Å². The Hall–Kier alpha value is -3.17. The van der Waals surface area contributed by atoms with Gasteiger partial charge in [-0.3, -0.25) is 19.2 Å². The molecule has 9 heteroatoms. The Kier molecular flexibility index (Phi) is 5.18. The number of rotatable bonds is 4. The molecule has 1 aromatic carbocycles. The van der Waals surface area contributed by atoms with Crippen LogP contribution in [0.3, 0.4) is 0 Å². The Bertz CT molecular complexity index is 1300. The number of aromatic nitrogens is 3. The van der Waals surface area contributed by atoms with E-state index in [2.05, 4.69) is 14.8 Å². The van der Waals surface area contributed by atoms with Gasteiger partial charge in [-0.2, -0.15) is 5.10 Å². The van der Waals surface area contributed by atoms with Crippen LogP contribution in [0.2, 0.25) is 0 Å². The quantitative estimate of drug-likeness (QED) is 0.609. The number of hydrogen-bond acceptors (Lipinski definition) is 5. The fourth-order valence-corrected chi connectivity index (χ4v) is 6.22. The summed E-state index contributed by atoms with van der Waals surface area (Å²) in [4.78, 5) is 37.2. The van der Waals surface area contributed by atoms with E-state index in [9.17, 15) is 9.59 Å². The standard InChI is InChI=1S/C27H32N6O3/c34-25(23-17-19-3-1-2-4-21(19)28-23)31-9-5-22-20(18-31)24-26(35)32(12-11-30-13-15-36-16-14-30)27(6-7-27)8-10-33(24)29-22/h1-4,17,28H,5-16,18H2. The molecule has 0 radical (unpaired) electrons. The van der Waals surface area contributed by atoms with E-state index in [1.54, 1.807) is 0 Å². The molecule has 1 N–H and O–H groups in total. The van der Waals surface area contributed by atoms with Gasteiger partial charge in [0.2, 0.25) is 0 Å². The van der Waals surface area contributed by atoms with Gasteiger partial charge in [0, 0.05) is 67.7 Å². The molecule has 1 spiro atoms. The Balaban J connectivity index is 1.15. The second-order valence-electron chi connectivity index (χ2n) is 10.6. The van der Waals surface area contributed by atoms with Crippen molar-refractivity contribution in [3.05, 3.63) is 53.0 Å². The summed E-state index contributed by atoms with van der Waals surface area (Å²) in [5, 5.41) is 5.90. The number of fused-ring (bicyclic) bond motifs is 4. The van der Waals surface area contributed by atoms with Crippen molar-refractivity contribution in [3.63, 3.8) is 0 Å². The topological polar surface area (TPSA) is 86.7 Å². The minimum atomic E-state index is -0.0271. The number of nitrogens with zero attached hydrogens (tertiary/aromatic N) is 5. The van der Waals surface area contributed by atoms with Crippen molar-refractivity contribution in [2.24, 2.45) is 0 Å². The third-order valence-corrected chi connectivity index (χ3v) is 8.53. The van der Waals surface area contributed by atoms with E-state index < -0.39 is 0 Å². The maximum atomic E-state index is 14.1. The summed E-state index contributed by atoms with van der Waals surface area (Å²) in [6, 6.07) is 9.84. The summed E-state index contributed by atoms with van der Waals surface area (Å²) < 4.78 is 7.44. The van der Waals surface area contributed by atoms with Gasteiger partial charge < -0.3 is 19.5 Å². The number of hydrogen-bond donors (Lipinski definition) is 1. The Labute approximate surface area is 210 Å². The molecular formula is C27H32N6O3. The van der Waals surface area contributed by atoms with Gasteiger partial charge in [-0.1, -0.05) is 18.2 Å². The molecule has 0 atom stereocenters. The van der Waals surface area contributed by atoms with Crippen molar-refractivity contribution in [1.29, 1.82) is 0 Å². The molecule has 7 rings (SSSR count). The molecule has 0 unspecified atom stereocenters. The number of para-hydroxylation sites is 1. The maximum absolute atomic E-state index is 14.1. The number of H-pyrrole nitrogens is 1. The highest BCUT2D eigenvalue weighted by Gasteiger charge is 2.52. The summed E-state index contributed by atoms with van der Waals surface area (Å²) in [6.45, 7) is 6.78. The van der Waals surface area contributed by atoms with E-state index in [1.807, 2.05) is 39.9 Å². The minimum Gasteiger partial charge on any atom is -0.379 e. The summed E-state index contributed by atoms with van der Waals surface area (Å²) in [7, 11) is 0. The normalized spacial score (nSPS) is 21.5. The molecule has 1 aliphatic carbocycles. The van der Waals surface area contributed by atoms with E-state index in [1.165, 1.54) is 0 Å². The van der Waals surface area contributed by atoms with Crippen LogP contribution in [0.15, 0.2) is 30.3 Å². The molecule has 36 heavy (non-hydrogen) atoms. The molecule has 1 saturated carbocycles. The van der Waals surface area contributed by atoms with Crippen LogP contribution in [0, 0.1) is 0 Å². The fraction of sp³-hybridized carbons (Fsp3) is 0.519. The lowest BCUT2D eigenvalue weighted by atomic mass is 10.0. The average Bonchev–Trinajstić information content (AvgIpc) is 3.43. The van der Waals surface area contributed by atoms with Gasteiger partial charge >= 0.3 is 0 Å². The molecule has 3 aromatic rings. The van der Waals surface area contributed by atoms with Crippen LogP contribution < -0.4 is 0 Å². The van der Waals surface area contributed by atoms with Crippen molar-refractivity contribution in [3.8, 4) is 0 Å². The summed E-state index contributed by atoms with van der Waals surface area (Å²) in [5.74, 6) is 0.0626. The van der Waals surface area contributed by atoms with Gasteiger partial charge in [0.25, 0.3) is 11.8 Å². The van der Waals surface area contributed by atoms with Gasteiger partial charge in [-0.25, -0.2) is 0 Å². The maximum Gasteiger partial charge on any atom is 0.273 e. The van der Waals surface area contributed by atoms with Crippen molar-refractivity contribution in [2.45, 2.75) is 44.3 Å². The number of nitrogens with one attached hydrogen (secondary N) is 1. The number of carbonyl (C=O) groups excluding carboxylic acids is 2. The number of carbonyl (C=O) groups is 2. The van der Waals surface area contributed by atoms with E-state index in [0.717, 1.165) is 87.4 Å². The van der Waals surface area contributed by atoms with Gasteiger partial charge in [0.05, 0.1) is 25.5 Å². The third-order valence-electron chi connectivity index (χ3n) is 8.53. The molecule has 2 fully saturated rings. The minimum absolute atomic E-state index is 0.0223. The summed E-state index contributed by atoms with van der Waals surface area (Å²) in [6.07, 6.45) is 3.76. The first-order valence-electron chi connectivity index (χ1n) is 13.2. The second-order valence-corrected chi connectivity index (χ2v) is 10.6. The molecule has 5 heterocycles. The molecule has 188 valence electrons. The van der Waals surface area contributed by atoms with Crippen molar-refractivity contribution < 1.29 is 14.3 Å². The van der Waals surface area contributed by atoms with Crippen molar-refractivity contribution in [2.75, 3.05) is 45.9 Å². The van der Waals surface area contributed by atoms with Crippen molar-refractivity contribution >= 4 is 22.7 Å². The van der Waals surface area contributed by atoms with Crippen LogP contribution in [0.4, 0.5) is 0 Å². The van der Waals surface area contributed by atoms with Crippen LogP contribution in [-0.2, 0) is 24.2 Å². The van der Waals surface area contributed by atoms with Crippen LogP contribution in [-0.4, -0.2) is 92.8 Å². The number of amides is 2. The monoisotopic (exact) mass is 488 g/mol. The Morgan fingerprint density at radius 1 is 1.06 bits per heavy atom. The zero-order valence-electron chi connectivity index (χ0n) is 20.5. The highest BCUT2D eigenvalue weighted by molar-refractivity contribution is 5.99. The fourth-order valence-electron chi connectivity index (χ4n) is 6.22. The molecule has 9 nitrogen and oxygen atoms in total. The lowest BCUT2D eigenvalue weighted by Gasteiger charge is -2.34. The number of aryl methyl sites for hydroxylation is 1. The summed E-state index contributed by atoms with van der Waals surface area (Å²) in [5.41, 5.74) is 4.13. The third kappa shape index (κ3) is 3.64. The molecular weight excluding hydrogens is 456 g/mol. The highest BCUT2D eigenvalue weighted by Crippen LogP contribution is 2.47. The predicted octanol–water partition coefficient (Wildman–Crippen LogP) is 2.27. The number of morpholine rings is 1.